The van der Waals surface area contributed by atoms with Gasteiger partial charge in [-0.25, -0.2) is 0 Å². The molecule has 86 valence electrons. The molecule has 0 saturated carbocycles. The van der Waals surface area contributed by atoms with Crippen LogP contribution in [0.25, 0.3) is 0 Å². The van der Waals surface area contributed by atoms with Crippen molar-refractivity contribution in [3.8, 4) is 0 Å². The number of hydrogen-bond acceptors (Lipinski definition) is 3. The minimum absolute atomic E-state index is 0.0433. The van der Waals surface area contributed by atoms with Crippen LogP contribution >= 0.6 is 0 Å². The van der Waals surface area contributed by atoms with Gasteiger partial charge in [0.2, 0.25) is 5.91 Å². The Bertz CT molecular complexity index is 242. The summed E-state index contributed by atoms with van der Waals surface area (Å²) in [7, 11) is 1.64. The number of amides is 1. The average Bonchev–Trinajstić information content (AvgIpc) is 2.27. The molecule has 1 saturated heterocycles. The number of carbonyl (C=O) groups is 1. The zero-order valence-corrected chi connectivity index (χ0v) is 9.84. The molecule has 0 spiro atoms. The van der Waals surface area contributed by atoms with Gasteiger partial charge in [0.25, 0.3) is 0 Å². The highest BCUT2D eigenvalue weighted by Gasteiger charge is 2.24. The molecular weight excluding hydrogens is 190 g/mol. The van der Waals surface area contributed by atoms with E-state index >= 15 is 0 Å². The lowest BCUT2D eigenvalue weighted by molar-refractivity contribution is -0.116. The van der Waals surface area contributed by atoms with Crippen LogP contribution in [0.5, 0.6) is 0 Å². The number of hydrogen-bond donors (Lipinski definition) is 2. The van der Waals surface area contributed by atoms with Crippen molar-refractivity contribution in [3.05, 3.63) is 12.2 Å². The smallest absolute Gasteiger partial charge is 0.243 e. The van der Waals surface area contributed by atoms with Gasteiger partial charge in [0.05, 0.1) is 0 Å². The van der Waals surface area contributed by atoms with Gasteiger partial charge < -0.3 is 10.6 Å². The van der Waals surface area contributed by atoms with Crippen LogP contribution in [-0.4, -0.2) is 49.6 Å². The predicted octanol–water partition coefficient (Wildman–Crippen LogP) is -0.0276. The minimum atomic E-state index is -0.0470. The van der Waals surface area contributed by atoms with Gasteiger partial charge in [-0.3, -0.25) is 9.69 Å². The van der Waals surface area contributed by atoms with E-state index in [1.54, 1.807) is 13.1 Å². The van der Waals surface area contributed by atoms with E-state index in [0.717, 1.165) is 26.2 Å². The summed E-state index contributed by atoms with van der Waals surface area (Å²) in [5, 5.41) is 5.90. The lowest BCUT2D eigenvalue weighted by Crippen LogP contribution is -2.52. The molecule has 15 heavy (non-hydrogen) atoms. The Morgan fingerprint density at radius 2 is 2.00 bits per heavy atom. The van der Waals surface area contributed by atoms with Crippen molar-refractivity contribution >= 4 is 5.91 Å². The quantitative estimate of drug-likeness (QED) is 0.645. The molecule has 1 aliphatic heterocycles. The summed E-state index contributed by atoms with van der Waals surface area (Å²) in [4.78, 5) is 13.5. The Hall–Kier alpha value is -0.870. The number of carbonyl (C=O) groups excluding carboxylic acids is 1. The second-order valence-electron chi connectivity index (χ2n) is 4.34. The first-order valence-corrected chi connectivity index (χ1v) is 5.43. The normalized spacial score (nSPS) is 19.4. The molecule has 0 atom stereocenters. The summed E-state index contributed by atoms with van der Waals surface area (Å²) in [5.74, 6) is -0.0433. The maximum absolute atomic E-state index is 11.1. The molecular formula is C11H21N3O. The summed E-state index contributed by atoms with van der Waals surface area (Å²) >= 11 is 0. The minimum Gasteiger partial charge on any atom is -0.356 e. The van der Waals surface area contributed by atoms with Crippen LogP contribution in [0.3, 0.4) is 0 Å². The van der Waals surface area contributed by atoms with Crippen LogP contribution in [0.15, 0.2) is 12.2 Å². The van der Waals surface area contributed by atoms with Crippen LogP contribution in [-0.2, 0) is 4.79 Å². The van der Waals surface area contributed by atoms with Gasteiger partial charge in [0.1, 0.15) is 0 Å². The molecule has 0 aliphatic carbocycles. The molecule has 1 fully saturated rings. The van der Waals surface area contributed by atoms with Crippen molar-refractivity contribution in [1.29, 1.82) is 0 Å². The standard InChI is InChI=1S/C11H21N3O/c1-11(2,5-4-10(15)12-3)14-8-6-13-7-9-14/h4-5,13H,6-9H2,1-3H3,(H,12,15). The van der Waals surface area contributed by atoms with Crippen molar-refractivity contribution in [1.82, 2.24) is 15.5 Å². The number of piperazine rings is 1. The molecule has 0 unspecified atom stereocenters. The number of nitrogens with zero attached hydrogens (tertiary/aromatic N) is 1. The van der Waals surface area contributed by atoms with Gasteiger partial charge in [0, 0.05) is 44.8 Å². The Morgan fingerprint density at radius 1 is 1.40 bits per heavy atom. The van der Waals surface area contributed by atoms with Crippen LogP contribution < -0.4 is 10.6 Å². The van der Waals surface area contributed by atoms with E-state index in [-0.39, 0.29) is 11.4 Å². The lowest BCUT2D eigenvalue weighted by atomic mass is 10.0. The van der Waals surface area contributed by atoms with Gasteiger partial charge in [-0.2, -0.15) is 0 Å². The van der Waals surface area contributed by atoms with Crippen LogP contribution in [0, 0.1) is 0 Å². The fourth-order valence-electron chi connectivity index (χ4n) is 1.71. The SMILES string of the molecule is CNC(=O)C=CC(C)(C)N1CCNCC1. The fourth-order valence-corrected chi connectivity index (χ4v) is 1.71. The van der Waals surface area contributed by atoms with E-state index in [1.165, 1.54) is 0 Å². The molecule has 0 radical (unpaired) electrons. The third kappa shape index (κ3) is 3.64. The summed E-state index contributed by atoms with van der Waals surface area (Å²) in [5.41, 5.74) is -0.0470. The number of likely N-dealkylation sites (N-methyl/N-ethyl adjacent to an activating group) is 1. The summed E-state index contributed by atoms with van der Waals surface area (Å²) < 4.78 is 0. The first kappa shape index (κ1) is 12.2. The largest absolute Gasteiger partial charge is 0.356 e. The first-order chi connectivity index (χ1) is 7.06. The number of nitrogens with one attached hydrogen (secondary N) is 2. The zero-order chi connectivity index (χ0) is 11.3. The lowest BCUT2D eigenvalue weighted by Gasteiger charge is -2.39. The van der Waals surface area contributed by atoms with Crippen molar-refractivity contribution in [2.75, 3.05) is 33.2 Å². The van der Waals surface area contributed by atoms with E-state index < -0.39 is 0 Å². The maximum Gasteiger partial charge on any atom is 0.243 e. The van der Waals surface area contributed by atoms with Crippen molar-refractivity contribution in [3.63, 3.8) is 0 Å². The second-order valence-corrected chi connectivity index (χ2v) is 4.34. The van der Waals surface area contributed by atoms with Crippen LogP contribution in [0.4, 0.5) is 0 Å². The highest BCUT2D eigenvalue weighted by atomic mass is 16.1. The van der Waals surface area contributed by atoms with Gasteiger partial charge in [-0.1, -0.05) is 6.08 Å². The molecule has 1 aliphatic rings. The van der Waals surface area contributed by atoms with Crippen LogP contribution in [0.2, 0.25) is 0 Å². The topological polar surface area (TPSA) is 44.4 Å². The summed E-state index contributed by atoms with van der Waals surface area (Å²) in [6.07, 6.45) is 3.58. The summed E-state index contributed by atoms with van der Waals surface area (Å²) in [6.45, 7) is 8.39. The molecule has 1 rings (SSSR count). The zero-order valence-electron chi connectivity index (χ0n) is 9.84. The van der Waals surface area contributed by atoms with E-state index in [2.05, 4.69) is 29.4 Å². The van der Waals surface area contributed by atoms with Gasteiger partial charge >= 0.3 is 0 Å². The Morgan fingerprint density at radius 3 is 2.53 bits per heavy atom. The van der Waals surface area contributed by atoms with Crippen molar-refractivity contribution < 1.29 is 4.79 Å². The Kier molecular flexibility index (Phi) is 4.29. The average molecular weight is 211 g/mol. The monoisotopic (exact) mass is 211 g/mol. The first-order valence-electron chi connectivity index (χ1n) is 5.43. The molecule has 4 nitrogen and oxygen atoms in total. The van der Waals surface area contributed by atoms with Crippen molar-refractivity contribution in [2.45, 2.75) is 19.4 Å². The van der Waals surface area contributed by atoms with E-state index in [0.29, 0.717) is 0 Å². The molecule has 1 amide bonds. The fraction of sp³-hybridized carbons (Fsp3) is 0.727. The Balaban J connectivity index is 2.56. The highest BCUT2D eigenvalue weighted by Crippen LogP contribution is 2.16. The molecule has 0 aromatic rings. The van der Waals surface area contributed by atoms with E-state index in [1.807, 2.05) is 6.08 Å². The predicted molar refractivity (Wildman–Crippen MR) is 61.7 cm³/mol. The molecule has 1 heterocycles. The number of rotatable bonds is 3. The van der Waals surface area contributed by atoms with E-state index in [9.17, 15) is 4.79 Å². The third-order valence-corrected chi connectivity index (χ3v) is 2.82. The molecule has 0 aromatic heterocycles. The maximum atomic E-state index is 11.1. The molecule has 4 heteroatoms. The van der Waals surface area contributed by atoms with E-state index in [4.69, 9.17) is 0 Å². The third-order valence-electron chi connectivity index (χ3n) is 2.82. The second kappa shape index (κ2) is 5.28. The molecule has 0 aromatic carbocycles. The Labute approximate surface area is 91.7 Å². The van der Waals surface area contributed by atoms with Gasteiger partial charge in [0.15, 0.2) is 0 Å². The molecule has 0 bridgehead atoms. The summed E-state index contributed by atoms with van der Waals surface area (Å²) in [6, 6.07) is 0. The highest BCUT2D eigenvalue weighted by molar-refractivity contribution is 5.87. The van der Waals surface area contributed by atoms with Crippen LogP contribution in [0.1, 0.15) is 13.8 Å². The molecule has 2 N–H and O–H groups in total. The van der Waals surface area contributed by atoms with Crippen molar-refractivity contribution in [2.24, 2.45) is 0 Å². The van der Waals surface area contributed by atoms with Gasteiger partial charge in [-0.05, 0) is 13.8 Å². The van der Waals surface area contributed by atoms with Gasteiger partial charge in [-0.15, -0.1) is 0 Å².